The molecule has 1 aliphatic carbocycles. The van der Waals surface area contributed by atoms with Gasteiger partial charge in [0.05, 0.1) is 14.2 Å². The van der Waals surface area contributed by atoms with E-state index in [0.717, 1.165) is 23.6 Å². The lowest BCUT2D eigenvalue weighted by Gasteiger charge is -2.13. The van der Waals surface area contributed by atoms with Gasteiger partial charge in [-0.2, -0.15) is 0 Å². The van der Waals surface area contributed by atoms with Crippen molar-refractivity contribution in [1.82, 2.24) is 5.32 Å². The summed E-state index contributed by atoms with van der Waals surface area (Å²) in [4.78, 5) is 0. The minimum atomic E-state index is 0.559. The van der Waals surface area contributed by atoms with Gasteiger partial charge >= 0.3 is 0 Å². The standard InChI is InChI=1S/C18H21NO2/c1-20-17-10-6-9-14(18(17)21-2)12-19-16-11-15(16)13-7-4-3-5-8-13/h3-10,15-16,19H,11-12H2,1-2H3. The molecule has 2 atom stereocenters. The van der Waals surface area contributed by atoms with Gasteiger partial charge in [-0.15, -0.1) is 0 Å². The Morgan fingerprint density at radius 2 is 1.81 bits per heavy atom. The fraction of sp³-hybridized carbons (Fsp3) is 0.333. The molecule has 2 aromatic rings. The number of rotatable bonds is 6. The quantitative estimate of drug-likeness (QED) is 0.882. The van der Waals surface area contributed by atoms with Gasteiger partial charge in [0.15, 0.2) is 11.5 Å². The van der Waals surface area contributed by atoms with Crippen molar-refractivity contribution in [2.45, 2.75) is 24.9 Å². The van der Waals surface area contributed by atoms with Crippen molar-refractivity contribution >= 4 is 0 Å². The summed E-state index contributed by atoms with van der Waals surface area (Å²) in [5, 5.41) is 3.61. The summed E-state index contributed by atoms with van der Waals surface area (Å²) in [5.74, 6) is 2.25. The van der Waals surface area contributed by atoms with Gasteiger partial charge in [-0.05, 0) is 18.1 Å². The molecule has 0 aliphatic heterocycles. The molecule has 3 heteroatoms. The highest BCUT2D eigenvalue weighted by Crippen LogP contribution is 2.41. The molecule has 0 heterocycles. The highest BCUT2D eigenvalue weighted by atomic mass is 16.5. The van der Waals surface area contributed by atoms with Crippen LogP contribution < -0.4 is 14.8 Å². The highest BCUT2D eigenvalue weighted by Gasteiger charge is 2.37. The molecule has 0 aromatic heterocycles. The Morgan fingerprint density at radius 1 is 1.00 bits per heavy atom. The molecule has 1 fully saturated rings. The third-order valence-electron chi connectivity index (χ3n) is 4.06. The fourth-order valence-electron chi connectivity index (χ4n) is 2.82. The van der Waals surface area contributed by atoms with Gasteiger partial charge in [-0.25, -0.2) is 0 Å². The predicted molar refractivity (Wildman–Crippen MR) is 84.0 cm³/mol. The number of hydrogen-bond acceptors (Lipinski definition) is 3. The first-order valence-corrected chi connectivity index (χ1v) is 7.31. The maximum atomic E-state index is 5.47. The zero-order valence-corrected chi connectivity index (χ0v) is 12.5. The number of benzene rings is 2. The third-order valence-corrected chi connectivity index (χ3v) is 4.06. The van der Waals surface area contributed by atoms with Gasteiger partial charge in [0.2, 0.25) is 0 Å². The minimum Gasteiger partial charge on any atom is -0.493 e. The monoisotopic (exact) mass is 283 g/mol. The molecule has 21 heavy (non-hydrogen) atoms. The van der Waals surface area contributed by atoms with E-state index in [1.807, 2.05) is 12.1 Å². The number of para-hydroxylation sites is 1. The van der Waals surface area contributed by atoms with Crippen LogP contribution in [-0.2, 0) is 6.54 Å². The highest BCUT2D eigenvalue weighted by molar-refractivity contribution is 5.46. The molecule has 0 spiro atoms. The van der Waals surface area contributed by atoms with E-state index in [1.165, 1.54) is 12.0 Å². The second kappa shape index (κ2) is 6.19. The number of methoxy groups -OCH3 is 2. The van der Waals surface area contributed by atoms with Crippen LogP contribution in [0.15, 0.2) is 48.5 Å². The van der Waals surface area contributed by atoms with E-state index in [2.05, 4.69) is 41.7 Å². The Labute approximate surface area is 125 Å². The molecule has 0 amide bonds. The maximum Gasteiger partial charge on any atom is 0.165 e. The molecule has 3 rings (SSSR count). The average molecular weight is 283 g/mol. The molecule has 2 aromatic carbocycles. The SMILES string of the molecule is COc1cccc(CNC2CC2c2ccccc2)c1OC. The summed E-state index contributed by atoms with van der Waals surface area (Å²) in [6, 6.07) is 17.3. The lowest BCUT2D eigenvalue weighted by Crippen LogP contribution is -2.17. The van der Waals surface area contributed by atoms with Gasteiger partial charge in [0, 0.05) is 24.1 Å². The van der Waals surface area contributed by atoms with Crippen LogP contribution in [0.1, 0.15) is 23.5 Å². The molecule has 110 valence electrons. The van der Waals surface area contributed by atoms with E-state index in [9.17, 15) is 0 Å². The Morgan fingerprint density at radius 3 is 2.52 bits per heavy atom. The molecule has 0 saturated heterocycles. The normalized spacial score (nSPS) is 20.1. The van der Waals surface area contributed by atoms with Crippen molar-refractivity contribution in [2.24, 2.45) is 0 Å². The molecule has 1 N–H and O–H groups in total. The summed E-state index contributed by atoms with van der Waals surface area (Å²) in [6.07, 6.45) is 1.20. The lowest BCUT2D eigenvalue weighted by atomic mass is 10.1. The Balaban J connectivity index is 1.62. The van der Waals surface area contributed by atoms with Crippen LogP contribution in [0.3, 0.4) is 0 Å². The van der Waals surface area contributed by atoms with Crippen LogP contribution >= 0.6 is 0 Å². The lowest BCUT2D eigenvalue weighted by molar-refractivity contribution is 0.350. The number of ether oxygens (including phenoxy) is 2. The van der Waals surface area contributed by atoms with E-state index in [-0.39, 0.29) is 0 Å². The molecule has 0 bridgehead atoms. The number of hydrogen-bond donors (Lipinski definition) is 1. The topological polar surface area (TPSA) is 30.5 Å². The molecular weight excluding hydrogens is 262 g/mol. The summed E-state index contributed by atoms with van der Waals surface area (Å²) >= 11 is 0. The largest absolute Gasteiger partial charge is 0.493 e. The second-order valence-corrected chi connectivity index (χ2v) is 5.39. The van der Waals surface area contributed by atoms with Crippen LogP contribution in [0.4, 0.5) is 0 Å². The summed E-state index contributed by atoms with van der Waals surface area (Å²) in [6.45, 7) is 0.800. The van der Waals surface area contributed by atoms with Crippen molar-refractivity contribution in [2.75, 3.05) is 14.2 Å². The molecule has 2 unspecified atom stereocenters. The van der Waals surface area contributed by atoms with Crippen LogP contribution in [0.5, 0.6) is 11.5 Å². The minimum absolute atomic E-state index is 0.559. The average Bonchev–Trinajstić information content (AvgIpc) is 3.33. The Hall–Kier alpha value is -2.00. The van der Waals surface area contributed by atoms with Gasteiger partial charge in [-0.3, -0.25) is 0 Å². The fourth-order valence-corrected chi connectivity index (χ4v) is 2.82. The van der Waals surface area contributed by atoms with Crippen molar-refractivity contribution in [3.8, 4) is 11.5 Å². The van der Waals surface area contributed by atoms with E-state index in [1.54, 1.807) is 14.2 Å². The van der Waals surface area contributed by atoms with Gasteiger partial charge in [0.25, 0.3) is 0 Å². The molecule has 3 nitrogen and oxygen atoms in total. The Kier molecular flexibility index (Phi) is 4.11. The maximum absolute atomic E-state index is 5.47. The zero-order chi connectivity index (χ0) is 14.7. The van der Waals surface area contributed by atoms with E-state index < -0.39 is 0 Å². The Bertz CT molecular complexity index is 597. The summed E-state index contributed by atoms with van der Waals surface area (Å²) in [5.41, 5.74) is 2.56. The van der Waals surface area contributed by atoms with Crippen molar-refractivity contribution in [3.05, 3.63) is 59.7 Å². The van der Waals surface area contributed by atoms with Crippen molar-refractivity contribution in [1.29, 1.82) is 0 Å². The van der Waals surface area contributed by atoms with Crippen molar-refractivity contribution in [3.63, 3.8) is 0 Å². The molecule has 1 aliphatic rings. The second-order valence-electron chi connectivity index (χ2n) is 5.39. The van der Waals surface area contributed by atoms with Crippen molar-refractivity contribution < 1.29 is 9.47 Å². The van der Waals surface area contributed by atoms with Crippen LogP contribution in [0, 0.1) is 0 Å². The van der Waals surface area contributed by atoms with E-state index in [0.29, 0.717) is 12.0 Å². The molecule has 0 radical (unpaired) electrons. The molecular formula is C18H21NO2. The first-order valence-electron chi connectivity index (χ1n) is 7.31. The van der Waals surface area contributed by atoms with Crippen LogP contribution in [0.2, 0.25) is 0 Å². The number of nitrogens with one attached hydrogen (secondary N) is 1. The van der Waals surface area contributed by atoms with Crippen LogP contribution in [-0.4, -0.2) is 20.3 Å². The van der Waals surface area contributed by atoms with Gasteiger partial charge in [0.1, 0.15) is 0 Å². The van der Waals surface area contributed by atoms with E-state index >= 15 is 0 Å². The first-order chi connectivity index (χ1) is 10.3. The summed E-state index contributed by atoms with van der Waals surface area (Å²) < 4.78 is 10.8. The van der Waals surface area contributed by atoms with Gasteiger partial charge < -0.3 is 14.8 Å². The van der Waals surface area contributed by atoms with Crippen LogP contribution in [0.25, 0.3) is 0 Å². The zero-order valence-electron chi connectivity index (χ0n) is 12.5. The summed E-state index contributed by atoms with van der Waals surface area (Å²) in [7, 11) is 3.35. The smallest absolute Gasteiger partial charge is 0.165 e. The van der Waals surface area contributed by atoms with Gasteiger partial charge in [-0.1, -0.05) is 42.5 Å². The predicted octanol–water partition coefficient (Wildman–Crippen LogP) is 3.35. The third kappa shape index (κ3) is 3.03. The first kappa shape index (κ1) is 14.0. The molecule has 1 saturated carbocycles. The van der Waals surface area contributed by atoms with E-state index in [4.69, 9.17) is 9.47 Å².